The lowest BCUT2D eigenvalue weighted by atomic mass is 9.98. The number of unbranched alkanes of at least 4 members (excludes halogenated alkanes) is 2. The highest BCUT2D eigenvalue weighted by molar-refractivity contribution is 5.86. The smallest absolute Gasteiger partial charge is 0.305 e. The number of rotatable bonds is 21. The molecule has 2 aromatic carbocycles. The van der Waals surface area contributed by atoms with Gasteiger partial charge in [0.25, 0.3) is 0 Å². The number of aliphatic hydroxyl groups excluding tert-OH is 1. The van der Waals surface area contributed by atoms with Crippen LogP contribution in [-0.4, -0.2) is 60.2 Å². The molecule has 2 rings (SSSR count). The second-order valence-electron chi connectivity index (χ2n) is 9.87. The fourth-order valence-electron chi connectivity index (χ4n) is 4.21. The van der Waals surface area contributed by atoms with E-state index >= 15 is 0 Å². The third kappa shape index (κ3) is 13.9. The topological polar surface area (TPSA) is 105 Å². The lowest BCUT2D eigenvalue weighted by Gasteiger charge is -2.26. The number of benzene rings is 2. The highest BCUT2D eigenvalue weighted by Crippen LogP contribution is 2.15. The van der Waals surface area contributed by atoms with Crippen molar-refractivity contribution >= 4 is 17.8 Å². The fraction of sp³-hybridized carbons (Fsp3) is 0.424. The second-order valence-corrected chi connectivity index (χ2v) is 9.87. The van der Waals surface area contributed by atoms with E-state index in [1.54, 1.807) is 11.0 Å². The van der Waals surface area contributed by atoms with Crippen LogP contribution in [0.2, 0.25) is 0 Å². The van der Waals surface area contributed by atoms with E-state index in [4.69, 9.17) is 9.47 Å². The zero-order valence-corrected chi connectivity index (χ0v) is 23.9. The summed E-state index contributed by atoms with van der Waals surface area (Å²) in [7, 11) is 0. The molecule has 0 aromatic heterocycles. The van der Waals surface area contributed by atoms with Crippen LogP contribution in [0.3, 0.4) is 0 Å². The van der Waals surface area contributed by atoms with Crippen molar-refractivity contribution in [3.8, 4) is 0 Å². The van der Waals surface area contributed by atoms with E-state index in [1.165, 1.54) is 0 Å². The van der Waals surface area contributed by atoms with Gasteiger partial charge < -0.3 is 24.8 Å². The molecule has 0 saturated carbocycles. The number of allylic oxidation sites excluding steroid dienone is 2. The van der Waals surface area contributed by atoms with Crippen LogP contribution >= 0.6 is 0 Å². The van der Waals surface area contributed by atoms with Crippen LogP contribution in [0.1, 0.15) is 49.7 Å². The maximum Gasteiger partial charge on any atom is 0.305 e. The molecule has 8 heteroatoms. The zero-order chi connectivity index (χ0) is 29.7. The number of carbonyl (C=O) groups excluding carboxylic acids is 3. The van der Waals surface area contributed by atoms with Crippen LogP contribution in [0.25, 0.3) is 0 Å². The molecule has 0 aliphatic heterocycles. The Morgan fingerprint density at radius 2 is 1.61 bits per heavy atom. The Labute approximate surface area is 244 Å². The SMILES string of the molecule is C=CCCCCC(=O)OC[C@H](COCc1ccccc1)NC(=O)[C@@H](CC=C)CC(=O)N(CCO)Cc1ccccc1. The number of esters is 1. The highest BCUT2D eigenvalue weighted by atomic mass is 16.5. The Balaban J connectivity index is 2.02. The van der Waals surface area contributed by atoms with E-state index < -0.39 is 12.0 Å². The Morgan fingerprint density at radius 1 is 0.927 bits per heavy atom. The van der Waals surface area contributed by atoms with Crippen LogP contribution in [0.5, 0.6) is 0 Å². The van der Waals surface area contributed by atoms with Gasteiger partial charge in [-0.2, -0.15) is 0 Å². The molecule has 0 aliphatic carbocycles. The van der Waals surface area contributed by atoms with Gasteiger partial charge in [-0.15, -0.1) is 13.2 Å². The van der Waals surface area contributed by atoms with Crippen molar-refractivity contribution in [2.24, 2.45) is 5.92 Å². The van der Waals surface area contributed by atoms with Gasteiger partial charge in [0.1, 0.15) is 6.61 Å². The number of ether oxygens (including phenoxy) is 2. The van der Waals surface area contributed by atoms with Crippen molar-refractivity contribution in [2.75, 3.05) is 26.4 Å². The second kappa shape index (κ2) is 20.2. The van der Waals surface area contributed by atoms with Crippen LogP contribution in [-0.2, 0) is 37.0 Å². The normalized spacial score (nSPS) is 12.1. The summed E-state index contributed by atoms with van der Waals surface area (Å²) in [4.78, 5) is 40.4. The maximum atomic E-state index is 13.4. The first-order valence-corrected chi connectivity index (χ1v) is 14.2. The summed E-state index contributed by atoms with van der Waals surface area (Å²) >= 11 is 0. The molecule has 2 amide bonds. The minimum Gasteiger partial charge on any atom is -0.463 e. The molecule has 8 nitrogen and oxygen atoms in total. The summed E-state index contributed by atoms with van der Waals surface area (Å²) < 4.78 is 11.3. The van der Waals surface area contributed by atoms with Crippen molar-refractivity contribution in [3.05, 3.63) is 97.1 Å². The minimum absolute atomic E-state index is 0.0414. The largest absolute Gasteiger partial charge is 0.463 e. The molecule has 2 atom stereocenters. The molecule has 0 radical (unpaired) electrons. The van der Waals surface area contributed by atoms with Gasteiger partial charge in [-0.1, -0.05) is 72.8 Å². The van der Waals surface area contributed by atoms with Gasteiger partial charge in [-0.3, -0.25) is 14.4 Å². The van der Waals surface area contributed by atoms with Gasteiger partial charge in [0.15, 0.2) is 0 Å². The van der Waals surface area contributed by atoms with Crippen LogP contribution < -0.4 is 5.32 Å². The van der Waals surface area contributed by atoms with Gasteiger partial charge in [0.05, 0.1) is 31.8 Å². The third-order valence-electron chi connectivity index (χ3n) is 6.44. The molecule has 0 aliphatic rings. The van der Waals surface area contributed by atoms with Gasteiger partial charge in [0.2, 0.25) is 11.8 Å². The Hall–Kier alpha value is -3.75. The van der Waals surface area contributed by atoms with E-state index in [0.29, 0.717) is 19.6 Å². The molecule has 2 aromatic rings. The van der Waals surface area contributed by atoms with E-state index in [-0.39, 0.29) is 63.4 Å². The molecule has 0 saturated heterocycles. The summed E-state index contributed by atoms with van der Waals surface area (Å²) in [5, 5.41) is 12.5. The van der Waals surface area contributed by atoms with Crippen molar-refractivity contribution in [3.63, 3.8) is 0 Å². The van der Waals surface area contributed by atoms with Gasteiger partial charge in [-0.05, 0) is 36.8 Å². The molecular formula is C33H44N2O6. The predicted octanol–water partition coefficient (Wildman–Crippen LogP) is 4.58. The first-order chi connectivity index (χ1) is 20.0. The molecule has 0 spiro atoms. The van der Waals surface area contributed by atoms with E-state index in [2.05, 4.69) is 18.5 Å². The Morgan fingerprint density at radius 3 is 2.24 bits per heavy atom. The molecule has 2 N–H and O–H groups in total. The summed E-state index contributed by atoms with van der Waals surface area (Å²) in [5.74, 6) is -1.61. The molecule has 222 valence electrons. The number of nitrogens with one attached hydrogen (secondary N) is 1. The standard InChI is InChI=1S/C33H44N2O6/c1-3-5-6-13-19-32(38)41-26-30(25-40-24-28-17-11-8-12-18-28)34-33(39)29(14-4-2)22-31(37)35(20-21-36)23-27-15-9-7-10-16-27/h3-4,7-12,15-18,29-30,36H,1-2,5-6,13-14,19-26H2,(H,34,39)/t29-,30-/m0/s1. The average Bonchev–Trinajstić information content (AvgIpc) is 2.98. The van der Waals surface area contributed by atoms with Crippen LogP contribution in [0, 0.1) is 5.92 Å². The van der Waals surface area contributed by atoms with Crippen molar-refractivity contribution < 1.29 is 29.0 Å². The van der Waals surface area contributed by atoms with Crippen molar-refractivity contribution in [2.45, 2.75) is 57.7 Å². The summed E-state index contributed by atoms with van der Waals surface area (Å²) in [6.45, 7) is 8.18. The molecule has 0 bridgehead atoms. The van der Waals surface area contributed by atoms with Crippen LogP contribution in [0.15, 0.2) is 86.0 Å². The first-order valence-electron chi connectivity index (χ1n) is 14.2. The molecular weight excluding hydrogens is 520 g/mol. The van der Waals surface area contributed by atoms with Crippen molar-refractivity contribution in [1.82, 2.24) is 10.2 Å². The lowest BCUT2D eigenvalue weighted by Crippen LogP contribution is -2.46. The summed E-state index contributed by atoms with van der Waals surface area (Å²) in [5.41, 5.74) is 1.91. The highest BCUT2D eigenvalue weighted by Gasteiger charge is 2.26. The zero-order valence-electron chi connectivity index (χ0n) is 23.9. The molecule has 41 heavy (non-hydrogen) atoms. The van der Waals surface area contributed by atoms with E-state index in [1.807, 2.05) is 66.7 Å². The lowest BCUT2D eigenvalue weighted by molar-refractivity contribution is -0.146. The molecule has 0 unspecified atom stereocenters. The van der Waals surface area contributed by atoms with Crippen LogP contribution in [0.4, 0.5) is 0 Å². The quantitative estimate of drug-likeness (QED) is 0.131. The number of nitrogens with zero attached hydrogens (tertiary/aromatic N) is 1. The molecule has 0 heterocycles. The fourth-order valence-corrected chi connectivity index (χ4v) is 4.21. The maximum absolute atomic E-state index is 13.4. The third-order valence-corrected chi connectivity index (χ3v) is 6.44. The van der Waals surface area contributed by atoms with Gasteiger partial charge in [-0.25, -0.2) is 0 Å². The first kappa shape index (κ1) is 33.5. The summed E-state index contributed by atoms with van der Waals surface area (Å²) in [6, 6.07) is 18.5. The monoisotopic (exact) mass is 564 g/mol. The number of amides is 2. The number of aliphatic hydroxyl groups is 1. The van der Waals surface area contributed by atoms with Gasteiger partial charge >= 0.3 is 5.97 Å². The van der Waals surface area contributed by atoms with Gasteiger partial charge in [0, 0.05) is 25.9 Å². The summed E-state index contributed by atoms with van der Waals surface area (Å²) in [6.07, 6.45) is 6.34. The van der Waals surface area contributed by atoms with Crippen molar-refractivity contribution in [1.29, 1.82) is 0 Å². The minimum atomic E-state index is -0.678. The average molecular weight is 565 g/mol. The number of hydrogen-bond donors (Lipinski definition) is 2. The number of hydrogen-bond acceptors (Lipinski definition) is 6. The van der Waals surface area contributed by atoms with E-state index in [9.17, 15) is 19.5 Å². The Bertz CT molecular complexity index is 1060. The molecule has 0 fully saturated rings. The Kier molecular flexibility index (Phi) is 16.5. The van der Waals surface area contributed by atoms with E-state index in [0.717, 1.165) is 24.0 Å². The number of carbonyl (C=O) groups is 3. The predicted molar refractivity (Wildman–Crippen MR) is 160 cm³/mol.